The van der Waals surface area contributed by atoms with E-state index in [1.807, 2.05) is 11.0 Å². The number of carbonyl (C=O) groups is 2. The van der Waals surface area contributed by atoms with Crippen LogP contribution in [0.15, 0.2) is 42.5 Å². The number of likely N-dealkylation sites (tertiary alicyclic amines) is 1. The largest absolute Gasteiger partial charge is 0.478 e. The van der Waals surface area contributed by atoms with Crippen LogP contribution < -0.4 is 0 Å². The molecule has 0 spiro atoms. The average molecular weight is 342 g/mol. The van der Waals surface area contributed by atoms with Crippen molar-refractivity contribution in [1.82, 2.24) is 9.80 Å². The Morgan fingerprint density at radius 2 is 1.68 bits per heavy atom. The van der Waals surface area contributed by atoms with E-state index in [9.17, 15) is 9.59 Å². The molecular formula is C20H26N2O3. The molecule has 1 aliphatic heterocycles. The van der Waals surface area contributed by atoms with Gasteiger partial charge in [0.05, 0.1) is 0 Å². The molecule has 2 fully saturated rings. The van der Waals surface area contributed by atoms with E-state index in [0.29, 0.717) is 6.04 Å². The first kappa shape index (κ1) is 17.7. The van der Waals surface area contributed by atoms with Crippen molar-refractivity contribution in [2.45, 2.75) is 44.2 Å². The van der Waals surface area contributed by atoms with Gasteiger partial charge in [-0.15, -0.1) is 0 Å². The fraction of sp³-hybridized carbons (Fsp3) is 0.500. The van der Waals surface area contributed by atoms with Crippen molar-refractivity contribution >= 4 is 11.9 Å². The van der Waals surface area contributed by atoms with Crippen LogP contribution in [0.2, 0.25) is 0 Å². The van der Waals surface area contributed by atoms with Gasteiger partial charge >= 0.3 is 5.97 Å². The quantitative estimate of drug-likeness (QED) is 0.773. The Labute approximate surface area is 148 Å². The molecule has 5 heteroatoms. The van der Waals surface area contributed by atoms with Crippen LogP contribution in [-0.4, -0.2) is 58.5 Å². The average Bonchev–Trinajstić information content (AvgIpc) is 3.45. The molecule has 0 unspecified atom stereocenters. The van der Waals surface area contributed by atoms with E-state index in [-0.39, 0.29) is 11.9 Å². The van der Waals surface area contributed by atoms with Crippen LogP contribution >= 0.6 is 0 Å². The lowest BCUT2D eigenvalue weighted by Gasteiger charge is -2.38. The molecule has 1 saturated carbocycles. The second kappa shape index (κ2) is 8.30. The Balaban J connectivity index is 1.49. The normalized spacial score (nSPS) is 19.2. The fourth-order valence-electron chi connectivity index (χ4n) is 3.59. The van der Waals surface area contributed by atoms with Crippen LogP contribution in [0.25, 0.3) is 0 Å². The number of benzene rings is 1. The van der Waals surface area contributed by atoms with Crippen molar-refractivity contribution < 1.29 is 14.7 Å². The van der Waals surface area contributed by atoms with Crippen LogP contribution in [0.3, 0.4) is 0 Å². The highest BCUT2D eigenvalue weighted by Crippen LogP contribution is 2.32. The smallest absolute Gasteiger partial charge is 0.328 e. The van der Waals surface area contributed by atoms with E-state index in [0.717, 1.165) is 57.8 Å². The van der Waals surface area contributed by atoms with Gasteiger partial charge in [-0.2, -0.15) is 0 Å². The van der Waals surface area contributed by atoms with Gasteiger partial charge in [-0.25, -0.2) is 4.79 Å². The Bertz CT molecular complexity index is 617. The third-order valence-electron chi connectivity index (χ3n) is 5.07. The third-order valence-corrected chi connectivity index (χ3v) is 5.07. The summed E-state index contributed by atoms with van der Waals surface area (Å²) in [6.07, 6.45) is 7.24. The van der Waals surface area contributed by atoms with Gasteiger partial charge in [0.15, 0.2) is 0 Å². The molecule has 1 amide bonds. The molecule has 1 heterocycles. The number of carboxylic acid groups (broad SMARTS) is 1. The predicted octanol–water partition coefficient (Wildman–Crippen LogP) is 2.33. The van der Waals surface area contributed by atoms with Crippen LogP contribution in [0, 0.1) is 0 Å². The van der Waals surface area contributed by atoms with Gasteiger partial charge in [-0.05, 0) is 37.7 Å². The van der Waals surface area contributed by atoms with E-state index in [4.69, 9.17) is 5.11 Å². The maximum Gasteiger partial charge on any atom is 0.328 e. The number of rotatable bonds is 7. The Morgan fingerprint density at radius 1 is 1.04 bits per heavy atom. The molecule has 0 atom stereocenters. The summed E-state index contributed by atoms with van der Waals surface area (Å²) in [6.45, 7) is 3.04. The van der Waals surface area contributed by atoms with Gasteiger partial charge in [-0.3, -0.25) is 4.79 Å². The molecule has 1 aliphatic carbocycles. The highest BCUT2D eigenvalue weighted by atomic mass is 16.4. The summed E-state index contributed by atoms with van der Waals surface area (Å²) in [5.74, 6) is -1.22. The highest BCUT2D eigenvalue weighted by Gasteiger charge is 2.37. The number of hydrogen-bond acceptors (Lipinski definition) is 3. The lowest BCUT2D eigenvalue weighted by Crippen LogP contribution is -2.48. The standard InChI is InChI=1S/C20H26N2O3/c23-19(8-9-20(24)25)22(17-6-7-17)18-11-14-21(15-12-18)13-10-16-4-2-1-3-5-16/h1-5,8-9,17-18H,6-7,10-15H2,(H,24,25)/b9-8-. The van der Waals surface area contributed by atoms with Crippen LogP contribution in [0.5, 0.6) is 0 Å². The second-order valence-corrected chi connectivity index (χ2v) is 6.96. The minimum absolute atomic E-state index is 0.146. The highest BCUT2D eigenvalue weighted by molar-refractivity contribution is 5.94. The molecule has 3 rings (SSSR count). The van der Waals surface area contributed by atoms with Gasteiger partial charge < -0.3 is 14.9 Å². The van der Waals surface area contributed by atoms with Gasteiger partial charge in [0.1, 0.15) is 0 Å². The molecule has 0 aromatic heterocycles. The van der Waals surface area contributed by atoms with E-state index in [2.05, 4.69) is 29.2 Å². The number of amides is 1. The van der Waals surface area contributed by atoms with E-state index in [1.54, 1.807) is 0 Å². The van der Waals surface area contributed by atoms with Gasteiger partial charge in [0.25, 0.3) is 0 Å². The molecule has 1 aromatic rings. The number of carboxylic acids is 1. The van der Waals surface area contributed by atoms with Gasteiger partial charge in [0, 0.05) is 43.9 Å². The van der Waals surface area contributed by atoms with E-state index in [1.165, 1.54) is 11.6 Å². The zero-order chi connectivity index (χ0) is 17.6. The van der Waals surface area contributed by atoms with Gasteiger partial charge in [0.2, 0.25) is 5.91 Å². The van der Waals surface area contributed by atoms with Crippen molar-refractivity contribution in [3.05, 3.63) is 48.0 Å². The maximum absolute atomic E-state index is 12.4. The summed E-state index contributed by atoms with van der Waals surface area (Å²) in [7, 11) is 0. The number of hydrogen-bond donors (Lipinski definition) is 1. The Hall–Kier alpha value is -2.14. The third kappa shape index (κ3) is 5.16. The number of carbonyl (C=O) groups excluding carboxylic acids is 1. The molecule has 2 aliphatic rings. The summed E-state index contributed by atoms with van der Waals surface area (Å²) in [4.78, 5) is 27.4. The molecule has 25 heavy (non-hydrogen) atoms. The van der Waals surface area contributed by atoms with E-state index >= 15 is 0 Å². The number of aliphatic carboxylic acids is 1. The molecule has 5 nitrogen and oxygen atoms in total. The van der Waals surface area contributed by atoms with Gasteiger partial charge in [-0.1, -0.05) is 30.3 Å². The lowest BCUT2D eigenvalue weighted by molar-refractivity contribution is -0.133. The van der Waals surface area contributed by atoms with Crippen LogP contribution in [0.1, 0.15) is 31.2 Å². The first-order valence-electron chi connectivity index (χ1n) is 9.13. The SMILES string of the molecule is O=C(O)/C=C\C(=O)N(C1CC1)C1CCN(CCc2ccccc2)CC1. The fourth-order valence-corrected chi connectivity index (χ4v) is 3.59. The Kier molecular flexibility index (Phi) is 5.87. The minimum atomic E-state index is -1.07. The predicted molar refractivity (Wildman–Crippen MR) is 96.3 cm³/mol. The first-order valence-corrected chi connectivity index (χ1v) is 9.13. The monoisotopic (exact) mass is 342 g/mol. The number of piperidine rings is 1. The maximum atomic E-state index is 12.4. The van der Waals surface area contributed by atoms with Crippen molar-refractivity contribution in [3.63, 3.8) is 0 Å². The second-order valence-electron chi connectivity index (χ2n) is 6.96. The minimum Gasteiger partial charge on any atom is -0.478 e. The van der Waals surface area contributed by atoms with Crippen molar-refractivity contribution in [1.29, 1.82) is 0 Å². The summed E-state index contributed by atoms with van der Waals surface area (Å²) < 4.78 is 0. The zero-order valence-corrected chi connectivity index (χ0v) is 14.5. The van der Waals surface area contributed by atoms with Crippen LogP contribution in [-0.2, 0) is 16.0 Å². The topological polar surface area (TPSA) is 60.9 Å². The number of nitrogens with zero attached hydrogens (tertiary/aromatic N) is 2. The summed E-state index contributed by atoms with van der Waals surface area (Å²) >= 11 is 0. The molecule has 1 N–H and O–H groups in total. The van der Waals surface area contributed by atoms with Crippen LogP contribution in [0.4, 0.5) is 0 Å². The van der Waals surface area contributed by atoms with Crippen molar-refractivity contribution in [3.8, 4) is 0 Å². The van der Waals surface area contributed by atoms with Crippen molar-refractivity contribution in [2.75, 3.05) is 19.6 Å². The zero-order valence-electron chi connectivity index (χ0n) is 14.5. The molecule has 1 saturated heterocycles. The first-order chi connectivity index (χ1) is 12.1. The molecule has 0 radical (unpaired) electrons. The van der Waals surface area contributed by atoms with Crippen molar-refractivity contribution in [2.24, 2.45) is 0 Å². The molecular weight excluding hydrogens is 316 g/mol. The molecule has 0 bridgehead atoms. The Morgan fingerprint density at radius 3 is 2.28 bits per heavy atom. The summed E-state index contributed by atoms with van der Waals surface area (Å²) in [5, 5.41) is 8.73. The summed E-state index contributed by atoms with van der Waals surface area (Å²) in [5.41, 5.74) is 1.36. The molecule has 1 aromatic carbocycles. The summed E-state index contributed by atoms with van der Waals surface area (Å²) in [6, 6.07) is 11.1. The lowest BCUT2D eigenvalue weighted by atomic mass is 10.0. The van der Waals surface area contributed by atoms with E-state index < -0.39 is 5.97 Å². The molecule has 134 valence electrons.